The number of nitrogens with zero attached hydrogens (tertiary/aromatic N) is 2. The van der Waals surface area contributed by atoms with Crippen LogP contribution in [0.25, 0.3) is 0 Å². The van der Waals surface area contributed by atoms with Crippen molar-refractivity contribution in [2.24, 2.45) is 12.8 Å². The highest BCUT2D eigenvalue weighted by molar-refractivity contribution is 6.31. The number of rotatable bonds is 3. The third-order valence-corrected chi connectivity index (χ3v) is 3.10. The summed E-state index contributed by atoms with van der Waals surface area (Å²) < 4.78 is 1.89. The summed E-state index contributed by atoms with van der Waals surface area (Å²) in [5.41, 5.74) is 9.23. The Bertz CT molecular complexity index is 519. The van der Waals surface area contributed by atoms with Gasteiger partial charge in [-0.15, -0.1) is 0 Å². The van der Waals surface area contributed by atoms with Gasteiger partial charge in [-0.1, -0.05) is 23.7 Å². The van der Waals surface area contributed by atoms with Gasteiger partial charge in [0.25, 0.3) is 0 Å². The maximum absolute atomic E-state index is 6.19. The Labute approximate surface area is 106 Å². The van der Waals surface area contributed by atoms with Crippen molar-refractivity contribution >= 4 is 11.6 Å². The van der Waals surface area contributed by atoms with Crippen molar-refractivity contribution in [2.75, 3.05) is 0 Å². The van der Waals surface area contributed by atoms with Gasteiger partial charge in [0.15, 0.2) is 0 Å². The highest BCUT2D eigenvalue weighted by atomic mass is 35.5. The van der Waals surface area contributed by atoms with E-state index in [1.54, 1.807) is 6.33 Å². The third-order valence-electron chi connectivity index (χ3n) is 2.75. The van der Waals surface area contributed by atoms with Gasteiger partial charge in [0.2, 0.25) is 0 Å². The SMILES string of the molecule is Cc1ccc(CC(N)c2cn(C)cn2)c(Cl)c1. The minimum atomic E-state index is -0.114. The first-order valence-corrected chi connectivity index (χ1v) is 5.92. The van der Waals surface area contributed by atoms with Crippen LogP contribution in [0.5, 0.6) is 0 Å². The molecule has 2 rings (SSSR count). The maximum atomic E-state index is 6.19. The second-order valence-corrected chi connectivity index (χ2v) is 4.78. The smallest absolute Gasteiger partial charge is 0.0947 e. The fourth-order valence-corrected chi connectivity index (χ4v) is 2.10. The second kappa shape index (κ2) is 4.90. The van der Waals surface area contributed by atoms with Crippen LogP contribution in [0.1, 0.15) is 22.9 Å². The van der Waals surface area contributed by atoms with E-state index in [0.717, 1.165) is 21.8 Å². The Balaban J connectivity index is 2.15. The van der Waals surface area contributed by atoms with Crippen molar-refractivity contribution in [3.05, 3.63) is 52.6 Å². The fraction of sp³-hybridized carbons (Fsp3) is 0.308. The molecule has 2 N–H and O–H groups in total. The molecule has 3 nitrogen and oxygen atoms in total. The van der Waals surface area contributed by atoms with E-state index in [2.05, 4.69) is 4.98 Å². The summed E-state index contributed by atoms with van der Waals surface area (Å²) >= 11 is 6.19. The number of aryl methyl sites for hydroxylation is 2. The van der Waals surface area contributed by atoms with Crippen molar-refractivity contribution < 1.29 is 0 Å². The average molecular weight is 250 g/mol. The van der Waals surface area contributed by atoms with Crippen molar-refractivity contribution in [3.8, 4) is 0 Å². The Morgan fingerprint density at radius 2 is 2.24 bits per heavy atom. The van der Waals surface area contributed by atoms with Gasteiger partial charge in [0.1, 0.15) is 0 Å². The lowest BCUT2D eigenvalue weighted by Gasteiger charge is -2.10. The molecule has 1 unspecified atom stereocenters. The zero-order valence-electron chi connectivity index (χ0n) is 10.0. The molecule has 1 aromatic heterocycles. The Hall–Kier alpha value is -1.32. The summed E-state index contributed by atoms with van der Waals surface area (Å²) in [6.45, 7) is 2.02. The summed E-state index contributed by atoms with van der Waals surface area (Å²) in [7, 11) is 1.93. The molecule has 0 saturated carbocycles. The van der Waals surface area contributed by atoms with Crippen LogP contribution >= 0.6 is 11.6 Å². The van der Waals surface area contributed by atoms with Gasteiger partial charge in [-0.25, -0.2) is 4.98 Å². The lowest BCUT2D eigenvalue weighted by Crippen LogP contribution is -2.14. The summed E-state index contributed by atoms with van der Waals surface area (Å²) in [5.74, 6) is 0. The van der Waals surface area contributed by atoms with Gasteiger partial charge in [-0.2, -0.15) is 0 Å². The molecular weight excluding hydrogens is 234 g/mol. The summed E-state index contributed by atoms with van der Waals surface area (Å²) in [5, 5.41) is 0.774. The standard InChI is InChI=1S/C13H16ClN3/c1-9-3-4-10(11(14)5-9)6-12(15)13-7-17(2)8-16-13/h3-5,7-8,12H,6,15H2,1-2H3. The van der Waals surface area contributed by atoms with Gasteiger partial charge in [-0.05, 0) is 30.5 Å². The summed E-state index contributed by atoms with van der Waals surface area (Å²) in [6.07, 6.45) is 4.40. The first-order chi connectivity index (χ1) is 8.06. The van der Waals surface area contributed by atoms with E-state index in [1.807, 2.05) is 42.9 Å². The lowest BCUT2D eigenvalue weighted by atomic mass is 10.0. The highest BCUT2D eigenvalue weighted by Gasteiger charge is 2.11. The normalized spacial score (nSPS) is 12.7. The number of hydrogen-bond donors (Lipinski definition) is 1. The number of hydrogen-bond acceptors (Lipinski definition) is 2. The zero-order valence-corrected chi connectivity index (χ0v) is 10.8. The largest absolute Gasteiger partial charge is 0.340 e. The molecule has 90 valence electrons. The van der Waals surface area contributed by atoms with Crippen LogP contribution in [0.4, 0.5) is 0 Å². The topological polar surface area (TPSA) is 43.8 Å². The molecule has 0 radical (unpaired) electrons. The fourth-order valence-electron chi connectivity index (χ4n) is 1.78. The molecule has 0 aliphatic heterocycles. The molecular formula is C13H16ClN3. The minimum Gasteiger partial charge on any atom is -0.340 e. The van der Waals surface area contributed by atoms with Gasteiger partial charge in [0, 0.05) is 18.3 Å². The molecule has 1 aromatic carbocycles. The summed E-state index contributed by atoms with van der Waals surface area (Å²) in [6, 6.07) is 5.92. The summed E-state index contributed by atoms with van der Waals surface area (Å²) in [4.78, 5) is 4.25. The molecule has 1 heterocycles. The van der Waals surface area contributed by atoms with E-state index in [4.69, 9.17) is 17.3 Å². The van der Waals surface area contributed by atoms with Gasteiger partial charge in [-0.3, -0.25) is 0 Å². The first kappa shape index (κ1) is 12.1. The molecule has 17 heavy (non-hydrogen) atoms. The third kappa shape index (κ3) is 2.87. The van der Waals surface area contributed by atoms with Crippen molar-refractivity contribution in [1.82, 2.24) is 9.55 Å². The Morgan fingerprint density at radius 3 is 2.82 bits per heavy atom. The van der Waals surface area contributed by atoms with Crippen LogP contribution in [0, 0.1) is 6.92 Å². The predicted octanol–water partition coefficient (Wildman–Crippen LogP) is 2.62. The van der Waals surface area contributed by atoms with E-state index in [1.165, 1.54) is 0 Å². The van der Waals surface area contributed by atoms with Crippen LogP contribution in [0.15, 0.2) is 30.7 Å². The average Bonchev–Trinajstić information content (AvgIpc) is 2.69. The highest BCUT2D eigenvalue weighted by Crippen LogP contribution is 2.22. The molecule has 0 saturated heterocycles. The predicted molar refractivity (Wildman–Crippen MR) is 70.0 cm³/mol. The maximum Gasteiger partial charge on any atom is 0.0947 e. The van der Waals surface area contributed by atoms with E-state index >= 15 is 0 Å². The molecule has 4 heteroatoms. The quantitative estimate of drug-likeness (QED) is 0.909. The monoisotopic (exact) mass is 249 g/mol. The molecule has 0 fully saturated rings. The van der Waals surface area contributed by atoms with E-state index in [-0.39, 0.29) is 6.04 Å². The molecule has 0 spiro atoms. The molecule has 1 atom stereocenters. The van der Waals surface area contributed by atoms with Crippen LogP contribution in [0.3, 0.4) is 0 Å². The second-order valence-electron chi connectivity index (χ2n) is 4.37. The molecule has 0 bridgehead atoms. The van der Waals surface area contributed by atoms with Crippen molar-refractivity contribution in [3.63, 3.8) is 0 Å². The van der Waals surface area contributed by atoms with E-state index < -0.39 is 0 Å². The first-order valence-electron chi connectivity index (χ1n) is 5.54. The minimum absolute atomic E-state index is 0.114. The number of halogens is 1. The van der Waals surface area contributed by atoms with Crippen LogP contribution in [0.2, 0.25) is 5.02 Å². The van der Waals surface area contributed by atoms with E-state index in [0.29, 0.717) is 6.42 Å². The van der Waals surface area contributed by atoms with Gasteiger partial charge in [0.05, 0.1) is 18.1 Å². The van der Waals surface area contributed by atoms with Crippen molar-refractivity contribution in [1.29, 1.82) is 0 Å². The molecule has 0 aliphatic carbocycles. The van der Waals surface area contributed by atoms with Crippen LogP contribution in [-0.4, -0.2) is 9.55 Å². The number of nitrogens with two attached hydrogens (primary N) is 1. The zero-order chi connectivity index (χ0) is 12.4. The van der Waals surface area contributed by atoms with Gasteiger partial charge >= 0.3 is 0 Å². The number of aromatic nitrogens is 2. The van der Waals surface area contributed by atoms with Crippen LogP contribution in [-0.2, 0) is 13.5 Å². The Morgan fingerprint density at radius 1 is 1.47 bits per heavy atom. The van der Waals surface area contributed by atoms with E-state index in [9.17, 15) is 0 Å². The van der Waals surface area contributed by atoms with Crippen molar-refractivity contribution in [2.45, 2.75) is 19.4 Å². The van der Waals surface area contributed by atoms with Gasteiger partial charge < -0.3 is 10.3 Å². The number of benzene rings is 1. The molecule has 0 aliphatic rings. The molecule has 2 aromatic rings. The Kier molecular flexibility index (Phi) is 3.50. The van der Waals surface area contributed by atoms with Crippen LogP contribution < -0.4 is 5.73 Å². The molecule has 0 amide bonds. The number of imidazole rings is 1. The lowest BCUT2D eigenvalue weighted by molar-refractivity contribution is 0.700.